The molecule has 0 spiro atoms. The molecule has 0 aliphatic heterocycles. The molecule has 2 N–H and O–H groups in total. The monoisotopic (exact) mass is 464 g/mol. The molecule has 1 rings (SSSR count). The van der Waals surface area contributed by atoms with Gasteiger partial charge in [-0.2, -0.15) is 13.2 Å². The summed E-state index contributed by atoms with van der Waals surface area (Å²) in [5.41, 5.74) is 0.881. The van der Waals surface area contributed by atoms with Crippen molar-refractivity contribution < 1.29 is 22.4 Å². The molecule has 0 saturated heterocycles. The van der Waals surface area contributed by atoms with Crippen LogP contribution in [0.15, 0.2) is 15.6 Å². The minimum Gasteiger partial charge on any atom is -0.372 e. The van der Waals surface area contributed by atoms with E-state index in [4.69, 9.17) is 4.52 Å². The van der Waals surface area contributed by atoms with Gasteiger partial charge in [-0.15, -0.1) is 24.0 Å². The third-order valence-corrected chi connectivity index (χ3v) is 2.85. The SMILES string of the molecule is CN=C(NCCCOCC(F)(F)F)NCc1cc(C(C)C)no1.I. The second-order valence-electron chi connectivity index (χ2n) is 5.25. The first-order chi connectivity index (χ1) is 10.8. The Morgan fingerprint density at radius 3 is 2.62 bits per heavy atom. The Labute approximate surface area is 156 Å². The van der Waals surface area contributed by atoms with Crippen LogP contribution in [0, 0.1) is 0 Å². The van der Waals surface area contributed by atoms with Crippen LogP contribution < -0.4 is 10.6 Å². The number of halogens is 4. The molecule has 0 unspecified atom stereocenters. The van der Waals surface area contributed by atoms with Gasteiger partial charge in [0.1, 0.15) is 6.61 Å². The molecule has 0 aliphatic carbocycles. The summed E-state index contributed by atoms with van der Waals surface area (Å²) in [4.78, 5) is 4.01. The summed E-state index contributed by atoms with van der Waals surface area (Å²) in [6.45, 7) is 3.73. The molecule has 0 amide bonds. The smallest absolute Gasteiger partial charge is 0.372 e. The lowest BCUT2D eigenvalue weighted by molar-refractivity contribution is -0.173. The van der Waals surface area contributed by atoms with Crippen molar-refractivity contribution in [3.05, 3.63) is 17.5 Å². The van der Waals surface area contributed by atoms with Crippen molar-refractivity contribution in [1.82, 2.24) is 15.8 Å². The van der Waals surface area contributed by atoms with E-state index in [2.05, 4.69) is 25.5 Å². The van der Waals surface area contributed by atoms with E-state index < -0.39 is 12.8 Å². The minimum atomic E-state index is -4.28. The van der Waals surface area contributed by atoms with E-state index in [1.165, 1.54) is 0 Å². The first kappa shape index (κ1) is 23.0. The Balaban J connectivity index is 0.00000529. The molecule has 0 fully saturated rings. The molecule has 0 radical (unpaired) electrons. The van der Waals surface area contributed by atoms with E-state index in [9.17, 15) is 13.2 Å². The van der Waals surface area contributed by atoms with E-state index in [-0.39, 0.29) is 30.6 Å². The van der Waals surface area contributed by atoms with Crippen molar-refractivity contribution in [2.24, 2.45) is 4.99 Å². The van der Waals surface area contributed by atoms with Gasteiger partial charge in [-0.3, -0.25) is 4.99 Å². The molecule has 1 aromatic heterocycles. The Morgan fingerprint density at radius 2 is 2.08 bits per heavy atom. The quantitative estimate of drug-likeness (QED) is 0.268. The molecule has 140 valence electrons. The summed E-state index contributed by atoms with van der Waals surface area (Å²) >= 11 is 0. The fourth-order valence-electron chi connectivity index (χ4n) is 1.64. The van der Waals surface area contributed by atoms with E-state index in [0.717, 1.165) is 5.69 Å². The van der Waals surface area contributed by atoms with Crippen LogP contribution in [0.5, 0.6) is 0 Å². The van der Waals surface area contributed by atoms with Gasteiger partial charge < -0.3 is 19.9 Å². The van der Waals surface area contributed by atoms with Crippen molar-refractivity contribution in [2.45, 2.75) is 38.9 Å². The van der Waals surface area contributed by atoms with Crippen molar-refractivity contribution in [3.63, 3.8) is 0 Å². The summed E-state index contributed by atoms with van der Waals surface area (Å²) in [7, 11) is 1.61. The zero-order chi connectivity index (χ0) is 17.3. The van der Waals surface area contributed by atoms with Gasteiger partial charge in [-0.1, -0.05) is 19.0 Å². The molecule has 1 aromatic rings. The lowest BCUT2D eigenvalue weighted by atomic mass is 10.1. The van der Waals surface area contributed by atoms with Crippen LogP contribution in [-0.4, -0.2) is 44.1 Å². The molecule has 6 nitrogen and oxygen atoms in total. The van der Waals surface area contributed by atoms with E-state index in [0.29, 0.717) is 37.1 Å². The maximum atomic E-state index is 11.9. The van der Waals surface area contributed by atoms with Gasteiger partial charge in [-0.05, 0) is 12.3 Å². The summed E-state index contributed by atoms with van der Waals surface area (Å²) in [5.74, 6) is 1.51. The second kappa shape index (κ2) is 11.5. The topological polar surface area (TPSA) is 71.7 Å². The van der Waals surface area contributed by atoms with Crippen molar-refractivity contribution in [3.8, 4) is 0 Å². The lowest BCUT2D eigenvalue weighted by Crippen LogP contribution is -2.37. The Morgan fingerprint density at radius 1 is 1.38 bits per heavy atom. The number of hydrogen-bond acceptors (Lipinski definition) is 4. The maximum Gasteiger partial charge on any atom is 0.411 e. The van der Waals surface area contributed by atoms with Gasteiger partial charge in [0.05, 0.1) is 12.2 Å². The summed E-state index contributed by atoms with van der Waals surface area (Å²) in [6, 6.07) is 1.87. The molecular weight excluding hydrogens is 440 g/mol. The van der Waals surface area contributed by atoms with Crippen molar-refractivity contribution in [2.75, 3.05) is 26.8 Å². The normalized spacial score (nSPS) is 12.2. The van der Waals surface area contributed by atoms with Crippen molar-refractivity contribution >= 4 is 29.9 Å². The average Bonchev–Trinajstić information content (AvgIpc) is 2.93. The number of nitrogens with zero attached hydrogens (tertiary/aromatic N) is 2. The van der Waals surface area contributed by atoms with Crippen LogP contribution in [0.1, 0.15) is 37.6 Å². The van der Waals surface area contributed by atoms with Crippen LogP contribution in [-0.2, 0) is 11.3 Å². The Kier molecular flexibility index (Phi) is 11.0. The van der Waals surface area contributed by atoms with E-state index in [1.54, 1.807) is 7.05 Å². The molecule has 24 heavy (non-hydrogen) atoms. The average molecular weight is 464 g/mol. The highest BCUT2D eigenvalue weighted by Gasteiger charge is 2.27. The molecule has 0 aromatic carbocycles. The van der Waals surface area contributed by atoms with Gasteiger partial charge in [0, 0.05) is 26.3 Å². The highest BCUT2D eigenvalue weighted by atomic mass is 127. The lowest BCUT2D eigenvalue weighted by Gasteiger charge is -2.11. The van der Waals surface area contributed by atoms with Gasteiger partial charge in [-0.25, -0.2) is 0 Å². The zero-order valence-electron chi connectivity index (χ0n) is 13.9. The molecule has 0 saturated carbocycles. The molecule has 1 heterocycles. The second-order valence-corrected chi connectivity index (χ2v) is 5.25. The number of alkyl halides is 3. The number of aromatic nitrogens is 1. The number of hydrogen-bond donors (Lipinski definition) is 2. The highest BCUT2D eigenvalue weighted by molar-refractivity contribution is 14.0. The maximum absolute atomic E-state index is 11.9. The van der Waals surface area contributed by atoms with Gasteiger partial charge in [0.25, 0.3) is 0 Å². The minimum absolute atomic E-state index is 0. The van der Waals surface area contributed by atoms with Crippen LogP contribution >= 0.6 is 24.0 Å². The summed E-state index contributed by atoms with van der Waals surface area (Å²) < 4.78 is 45.3. The molecule has 0 atom stereocenters. The van der Waals surface area contributed by atoms with E-state index in [1.807, 2.05) is 19.9 Å². The number of ether oxygens (including phenoxy) is 1. The standard InChI is InChI=1S/C14H23F3N4O2.HI/c1-10(2)12-7-11(23-21-12)8-20-13(18-3)19-5-4-6-22-9-14(15,16)17;/h7,10H,4-6,8-9H2,1-3H3,(H2,18,19,20);1H. The summed E-state index contributed by atoms with van der Waals surface area (Å²) in [6.07, 6.45) is -3.84. The third-order valence-electron chi connectivity index (χ3n) is 2.85. The number of nitrogens with one attached hydrogen (secondary N) is 2. The van der Waals surface area contributed by atoms with Gasteiger partial charge in [0.15, 0.2) is 11.7 Å². The largest absolute Gasteiger partial charge is 0.411 e. The number of aliphatic imine (C=N–C) groups is 1. The van der Waals surface area contributed by atoms with Crippen LogP contribution in [0.3, 0.4) is 0 Å². The van der Waals surface area contributed by atoms with E-state index >= 15 is 0 Å². The third kappa shape index (κ3) is 9.96. The number of rotatable bonds is 8. The first-order valence-electron chi connectivity index (χ1n) is 7.36. The fraction of sp³-hybridized carbons (Fsp3) is 0.714. The van der Waals surface area contributed by atoms with Gasteiger partial charge >= 0.3 is 6.18 Å². The van der Waals surface area contributed by atoms with Crippen molar-refractivity contribution in [1.29, 1.82) is 0 Å². The van der Waals surface area contributed by atoms with Crippen LogP contribution in [0.2, 0.25) is 0 Å². The molecular formula is C14H24F3IN4O2. The van der Waals surface area contributed by atoms with Crippen LogP contribution in [0.4, 0.5) is 13.2 Å². The molecule has 0 bridgehead atoms. The Bertz CT molecular complexity index is 493. The predicted octanol–water partition coefficient (Wildman–Crippen LogP) is 3.05. The Hall–Kier alpha value is -1.04. The zero-order valence-corrected chi connectivity index (χ0v) is 16.3. The molecule has 10 heteroatoms. The van der Waals surface area contributed by atoms with Gasteiger partial charge in [0.2, 0.25) is 0 Å². The highest BCUT2D eigenvalue weighted by Crippen LogP contribution is 2.14. The summed E-state index contributed by atoms with van der Waals surface area (Å²) in [5, 5.41) is 9.97. The molecule has 0 aliphatic rings. The number of guanidine groups is 1. The predicted molar refractivity (Wildman–Crippen MR) is 95.7 cm³/mol. The fourth-order valence-corrected chi connectivity index (χ4v) is 1.64. The van der Waals surface area contributed by atoms with Crippen LogP contribution in [0.25, 0.3) is 0 Å². The first-order valence-corrected chi connectivity index (χ1v) is 7.36.